The lowest BCUT2D eigenvalue weighted by Gasteiger charge is -2.37. The zero-order chi connectivity index (χ0) is 29.5. The molecule has 1 amide bonds. The van der Waals surface area contributed by atoms with Gasteiger partial charge in [-0.05, 0) is 43.5 Å². The van der Waals surface area contributed by atoms with Gasteiger partial charge in [0.2, 0.25) is 0 Å². The van der Waals surface area contributed by atoms with Crippen LogP contribution in [0.2, 0.25) is 0 Å². The van der Waals surface area contributed by atoms with Crippen molar-refractivity contribution in [3.05, 3.63) is 107 Å². The van der Waals surface area contributed by atoms with Crippen LogP contribution in [0.5, 0.6) is 0 Å². The first kappa shape index (κ1) is 29.1. The van der Waals surface area contributed by atoms with Gasteiger partial charge in [-0.3, -0.25) is 14.3 Å². The summed E-state index contributed by atoms with van der Waals surface area (Å²) in [6, 6.07) is 27.4. The van der Waals surface area contributed by atoms with Crippen LogP contribution in [0.3, 0.4) is 0 Å². The van der Waals surface area contributed by atoms with Crippen molar-refractivity contribution in [1.82, 2.24) is 19.4 Å². The van der Waals surface area contributed by atoms with Gasteiger partial charge in [-0.1, -0.05) is 72.8 Å². The first-order chi connectivity index (χ1) is 20.4. The molecule has 0 aliphatic carbocycles. The molecule has 220 valence electrons. The van der Waals surface area contributed by atoms with Crippen LogP contribution < -0.4 is 5.69 Å². The molecule has 2 heterocycles. The Kier molecular flexibility index (Phi) is 9.38. The maximum atomic E-state index is 13.3. The summed E-state index contributed by atoms with van der Waals surface area (Å²) in [6.07, 6.45) is -0.0513. The number of fused-ring (bicyclic) bond motifs is 1. The van der Waals surface area contributed by atoms with E-state index in [0.717, 1.165) is 5.52 Å². The zero-order valence-electron chi connectivity index (χ0n) is 24.1. The third kappa shape index (κ3) is 6.74. The molecule has 3 aromatic carbocycles. The predicted octanol–water partition coefficient (Wildman–Crippen LogP) is 4.98. The van der Waals surface area contributed by atoms with E-state index in [1.807, 2.05) is 60.7 Å². The predicted molar refractivity (Wildman–Crippen MR) is 161 cm³/mol. The highest BCUT2D eigenvalue weighted by molar-refractivity contribution is 5.78. The molecule has 4 aromatic rings. The first-order valence-electron chi connectivity index (χ1n) is 14.5. The number of rotatable bonds is 10. The second-order valence-corrected chi connectivity index (χ2v) is 10.8. The largest absolute Gasteiger partial charge is 0.466 e. The summed E-state index contributed by atoms with van der Waals surface area (Å²) in [7, 11) is 0. The van der Waals surface area contributed by atoms with Gasteiger partial charge in [-0.15, -0.1) is 0 Å². The molecule has 1 aromatic heterocycles. The fraction of sp³-hybridized carbons (Fsp3) is 0.364. The lowest BCUT2D eigenvalue weighted by molar-refractivity contribution is -0.151. The summed E-state index contributed by atoms with van der Waals surface area (Å²) in [6.45, 7) is 6.11. The SMILES string of the molecule is CCOC(=O)C1CN(C(=O)OC[C@H](C)N(Cc2ccccc2)Cc2ccccc2)CCC1n1c(=O)[nH]c2ccccc21. The lowest BCUT2D eigenvalue weighted by atomic mass is 9.91. The average Bonchev–Trinajstić information content (AvgIpc) is 3.35. The molecule has 42 heavy (non-hydrogen) atoms. The van der Waals surface area contributed by atoms with Crippen LogP contribution in [-0.4, -0.2) is 63.8 Å². The van der Waals surface area contributed by atoms with Crippen LogP contribution in [0.4, 0.5) is 4.79 Å². The van der Waals surface area contributed by atoms with Crippen LogP contribution in [0.1, 0.15) is 37.4 Å². The molecule has 9 nitrogen and oxygen atoms in total. The number of hydrogen-bond acceptors (Lipinski definition) is 6. The van der Waals surface area contributed by atoms with Gasteiger partial charge in [0, 0.05) is 32.2 Å². The van der Waals surface area contributed by atoms with Crippen molar-refractivity contribution in [3.8, 4) is 0 Å². The molecule has 0 spiro atoms. The van der Waals surface area contributed by atoms with E-state index in [2.05, 4.69) is 41.1 Å². The Balaban J connectivity index is 1.27. The Labute approximate surface area is 245 Å². The van der Waals surface area contributed by atoms with E-state index in [1.54, 1.807) is 16.4 Å². The van der Waals surface area contributed by atoms with E-state index in [-0.39, 0.29) is 31.5 Å². The molecule has 0 saturated carbocycles. The molecule has 1 aliphatic rings. The summed E-state index contributed by atoms with van der Waals surface area (Å²) in [5.41, 5.74) is 3.51. The summed E-state index contributed by atoms with van der Waals surface area (Å²) < 4.78 is 12.8. The van der Waals surface area contributed by atoms with E-state index < -0.39 is 24.0 Å². The minimum atomic E-state index is -0.701. The topological polar surface area (TPSA) is 96.9 Å². The number of nitrogens with zero attached hydrogens (tertiary/aromatic N) is 3. The number of para-hydroxylation sites is 2. The third-order valence-electron chi connectivity index (χ3n) is 7.91. The molecular weight excluding hydrogens is 532 g/mol. The molecule has 0 bridgehead atoms. The Morgan fingerprint density at radius 1 is 0.929 bits per heavy atom. The number of carbonyl (C=O) groups is 2. The normalized spacial score (nSPS) is 17.7. The minimum Gasteiger partial charge on any atom is -0.466 e. The molecule has 2 unspecified atom stereocenters. The Morgan fingerprint density at radius 2 is 1.55 bits per heavy atom. The number of benzene rings is 3. The number of carbonyl (C=O) groups excluding carboxylic acids is 2. The Hall–Kier alpha value is -4.37. The van der Waals surface area contributed by atoms with Crippen molar-refractivity contribution in [3.63, 3.8) is 0 Å². The summed E-state index contributed by atoms with van der Waals surface area (Å²) in [5.74, 6) is -1.13. The second kappa shape index (κ2) is 13.5. The number of hydrogen-bond donors (Lipinski definition) is 1. The van der Waals surface area contributed by atoms with Gasteiger partial charge in [0.1, 0.15) is 6.61 Å². The number of amides is 1. The number of H-pyrrole nitrogens is 1. The molecule has 1 saturated heterocycles. The Bertz CT molecular complexity index is 1490. The van der Waals surface area contributed by atoms with Crippen molar-refractivity contribution >= 4 is 23.1 Å². The molecule has 1 aliphatic heterocycles. The maximum Gasteiger partial charge on any atom is 0.409 e. The third-order valence-corrected chi connectivity index (χ3v) is 7.91. The molecule has 9 heteroatoms. The standard InChI is InChI=1S/C33H38N4O5/c1-3-41-31(38)27-22-35(19-18-29(27)37-30-17-11-10-16-28(30)34-32(37)39)33(40)42-23-24(2)36(20-25-12-6-4-7-13-25)21-26-14-8-5-9-15-26/h4-17,24,27,29H,3,18-23H2,1-2H3,(H,34,39)/t24-,27?,29?/m0/s1. The number of likely N-dealkylation sites (tertiary alicyclic amines) is 1. The number of nitrogens with one attached hydrogen (secondary N) is 1. The number of piperidine rings is 1. The fourth-order valence-electron chi connectivity index (χ4n) is 5.69. The zero-order valence-corrected chi connectivity index (χ0v) is 24.1. The van der Waals surface area contributed by atoms with Gasteiger partial charge in [0.05, 0.1) is 29.6 Å². The average molecular weight is 571 g/mol. The summed E-state index contributed by atoms with van der Waals surface area (Å²) in [4.78, 5) is 46.0. The minimum absolute atomic E-state index is 0.0578. The Morgan fingerprint density at radius 3 is 2.19 bits per heavy atom. The van der Waals surface area contributed by atoms with Crippen LogP contribution >= 0.6 is 0 Å². The lowest BCUT2D eigenvalue weighted by Crippen LogP contribution is -2.49. The van der Waals surface area contributed by atoms with Crippen molar-refractivity contribution in [2.75, 3.05) is 26.3 Å². The number of ether oxygens (including phenoxy) is 2. The molecule has 3 atom stereocenters. The molecule has 1 fully saturated rings. The van der Waals surface area contributed by atoms with E-state index in [9.17, 15) is 14.4 Å². The van der Waals surface area contributed by atoms with E-state index >= 15 is 0 Å². The highest BCUT2D eigenvalue weighted by atomic mass is 16.6. The number of aromatic nitrogens is 2. The van der Waals surface area contributed by atoms with E-state index in [0.29, 0.717) is 31.6 Å². The smallest absolute Gasteiger partial charge is 0.409 e. The molecule has 1 N–H and O–H groups in total. The van der Waals surface area contributed by atoms with Crippen LogP contribution in [0, 0.1) is 5.92 Å². The van der Waals surface area contributed by atoms with Gasteiger partial charge in [-0.25, -0.2) is 9.59 Å². The van der Waals surface area contributed by atoms with Gasteiger partial charge >= 0.3 is 17.8 Å². The maximum absolute atomic E-state index is 13.3. The van der Waals surface area contributed by atoms with Gasteiger partial charge in [-0.2, -0.15) is 0 Å². The summed E-state index contributed by atoms with van der Waals surface area (Å²) in [5, 5.41) is 0. The highest BCUT2D eigenvalue weighted by Gasteiger charge is 2.40. The number of imidazole rings is 1. The van der Waals surface area contributed by atoms with Crippen LogP contribution in [-0.2, 0) is 27.4 Å². The van der Waals surface area contributed by atoms with Crippen LogP contribution in [0.25, 0.3) is 11.0 Å². The van der Waals surface area contributed by atoms with Crippen molar-refractivity contribution in [1.29, 1.82) is 0 Å². The molecular formula is C33H38N4O5. The van der Waals surface area contributed by atoms with Gasteiger partial charge < -0.3 is 19.4 Å². The fourth-order valence-corrected chi connectivity index (χ4v) is 5.69. The highest BCUT2D eigenvalue weighted by Crippen LogP contribution is 2.31. The van der Waals surface area contributed by atoms with Gasteiger partial charge in [0.25, 0.3) is 0 Å². The van der Waals surface area contributed by atoms with Crippen molar-refractivity contribution in [2.45, 2.75) is 45.4 Å². The molecule has 0 radical (unpaired) electrons. The van der Waals surface area contributed by atoms with Crippen molar-refractivity contribution < 1.29 is 19.1 Å². The van der Waals surface area contributed by atoms with Crippen LogP contribution in [0.15, 0.2) is 89.7 Å². The van der Waals surface area contributed by atoms with E-state index in [1.165, 1.54) is 11.1 Å². The monoisotopic (exact) mass is 570 g/mol. The number of aromatic amines is 1. The number of esters is 1. The second-order valence-electron chi connectivity index (χ2n) is 10.8. The quantitative estimate of drug-likeness (QED) is 0.270. The molecule has 5 rings (SSSR count). The van der Waals surface area contributed by atoms with E-state index in [4.69, 9.17) is 9.47 Å². The van der Waals surface area contributed by atoms with Gasteiger partial charge in [0.15, 0.2) is 0 Å². The summed E-state index contributed by atoms with van der Waals surface area (Å²) >= 11 is 0. The first-order valence-corrected chi connectivity index (χ1v) is 14.5. The van der Waals surface area contributed by atoms with Crippen molar-refractivity contribution in [2.24, 2.45) is 5.92 Å².